The van der Waals surface area contributed by atoms with Gasteiger partial charge in [-0.1, -0.05) is 13.8 Å². The number of hydrogen-bond acceptors (Lipinski definition) is 4. The first-order valence-corrected chi connectivity index (χ1v) is 5.32. The second-order valence-electron chi connectivity index (χ2n) is 3.38. The summed E-state index contributed by atoms with van der Waals surface area (Å²) in [7, 11) is 0. The van der Waals surface area contributed by atoms with Crippen LogP contribution in [0.3, 0.4) is 0 Å². The molecule has 1 aromatic heterocycles. The third kappa shape index (κ3) is 2.26. The molecule has 0 spiro atoms. The molecule has 88 valence electrons. The summed E-state index contributed by atoms with van der Waals surface area (Å²) in [6.45, 7) is 4.09. The molecular weight excluding hydrogens is 210 g/mol. The number of nitro groups is 1. The lowest BCUT2D eigenvalue weighted by Gasteiger charge is -2.01. The summed E-state index contributed by atoms with van der Waals surface area (Å²) in [4.78, 5) is 20.8. The zero-order valence-corrected chi connectivity index (χ0v) is 9.47. The maximum absolute atomic E-state index is 10.9. The number of nitrogens with zero attached hydrogens (tertiary/aromatic N) is 3. The van der Waals surface area contributed by atoms with Crippen molar-refractivity contribution in [3.8, 4) is 0 Å². The first kappa shape index (κ1) is 12.4. The van der Waals surface area contributed by atoms with Gasteiger partial charge in [-0.25, -0.2) is 0 Å². The molecule has 0 saturated carbocycles. The fourth-order valence-electron chi connectivity index (χ4n) is 1.70. The molecule has 0 aromatic carbocycles. The second kappa shape index (κ2) is 5.39. The van der Waals surface area contributed by atoms with E-state index in [2.05, 4.69) is 5.10 Å². The number of carbonyl (C=O) groups is 1. The Labute approximate surface area is 93.4 Å². The summed E-state index contributed by atoms with van der Waals surface area (Å²) in [5.74, 6) is 0. The van der Waals surface area contributed by atoms with Crippen LogP contribution in [0.1, 0.15) is 31.7 Å². The molecule has 0 radical (unpaired) electrons. The summed E-state index contributed by atoms with van der Waals surface area (Å²) >= 11 is 0. The van der Waals surface area contributed by atoms with E-state index in [4.69, 9.17) is 0 Å². The van der Waals surface area contributed by atoms with Crippen molar-refractivity contribution in [2.24, 2.45) is 0 Å². The number of hydrogen-bond donors (Lipinski definition) is 0. The number of aryl methyl sites for hydroxylation is 2. The average molecular weight is 225 g/mol. The van der Waals surface area contributed by atoms with Crippen molar-refractivity contribution >= 4 is 12.0 Å². The highest BCUT2D eigenvalue weighted by atomic mass is 16.6. The van der Waals surface area contributed by atoms with E-state index in [0.29, 0.717) is 37.2 Å². The van der Waals surface area contributed by atoms with Crippen LogP contribution in [0, 0.1) is 10.1 Å². The minimum absolute atomic E-state index is 0.107. The quantitative estimate of drug-likeness (QED) is 0.417. The van der Waals surface area contributed by atoms with Gasteiger partial charge in [-0.2, -0.15) is 5.10 Å². The summed E-state index contributed by atoms with van der Waals surface area (Å²) in [6, 6.07) is 0. The Kier molecular flexibility index (Phi) is 4.16. The Morgan fingerprint density at radius 1 is 1.44 bits per heavy atom. The first-order valence-electron chi connectivity index (χ1n) is 5.32. The van der Waals surface area contributed by atoms with Crippen LogP contribution >= 0.6 is 0 Å². The van der Waals surface area contributed by atoms with E-state index in [1.54, 1.807) is 4.68 Å². The van der Waals surface area contributed by atoms with Gasteiger partial charge in [0, 0.05) is 13.0 Å². The number of carbonyl (C=O) groups excluding carboxylic acids is 1. The van der Waals surface area contributed by atoms with E-state index in [1.807, 2.05) is 13.8 Å². The van der Waals surface area contributed by atoms with Gasteiger partial charge >= 0.3 is 5.69 Å². The predicted molar refractivity (Wildman–Crippen MR) is 58.3 cm³/mol. The third-order valence-electron chi connectivity index (χ3n) is 2.41. The molecule has 0 aliphatic rings. The Morgan fingerprint density at radius 3 is 2.56 bits per heavy atom. The zero-order valence-electron chi connectivity index (χ0n) is 9.47. The van der Waals surface area contributed by atoms with Gasteiger partial charge in [0.1, 0.15) is 17.7 Å². The SMILES string of the molecule is CCc1nn(CCC=O)c(CC)c1[N+](=O)[O-]. The Morgan fingerprint density at radius 2 is 2.12 bits per heavy atom. The normalized spacial score (nSPS) is 10.4. The van der Waals surface area contributed by atoms with Gasteiger partial charge in [0.2, 0.25) is 0 Å². The van der Waals surface area contributed by atoms with E-state index in [1.165, 1.54) is 0 Å². The Hall–Kier alpha value is -1.72. The fourth-order valence-corrected chi connectivity index (χ4v) is 1.70. The van der Waals surface area contributed by atoms with Crippen LogP contribution in [-0.4, -0.2) is 21.0 Å². The monoisotopic (exact) mass is 225 g/mol. The molecule has 1 aromatic rings. The maximum atomic E-state index is 10.9. The lowest BCUT2D eigenvalue weighted by atomic mass is 10.2. The van der Waals surface area contributed by atoms with Crippen LogP contribution in [0.4, 0.5) is 5.69 Å². The second-order valence-corrected chi connectivity index (χ2v) is 3.38. The van der Waals surface area contributed by atoms with E-state index in [-0.39, 0.29) is 10.6 Å². The van der Waals surface area contributed by atoms with Crippen molar-refractivity contribution in [3.05, 3.63) is 21.5 Å². The van der Waals surface area contributed by atoms with Gasteiger partial charge in [0.05, 0.1) is 4.92 Å². The van der Waals surface area contributed by atoms with Gasteiger partial charge in [-0.15, -0.1) is 0 Å². The van der Waals surface area contributed by atoms with Crippen molar-refractivity contribution in [2.45, 2.75) is 39.7 Å². The maximum Gasteiger partial charge on any atom is 0.313 e. The van der Waals surface area contributed by atoms with Crippen LogP contribution in [0.2, 0.25) is 0 Å². The molecule has 0 N–H and O–H groups in total. The van der Waals surface area contributed by atoms with Crippen LogP contribution in [0.15, 0.2) is 0 Å². The Bertz CT molecular complexity index is 398. The summed E-state index contributed by atoms with van der Waals surface area (Å²) in [5, 5.41) is 15.1. The summed E-state index contributed by atoms with van der Waals surface area (Å²) in [6.07, 6.45) is 2.19. The van der Waals surface area contributed by atoms with Gasteiger partial charge in [0.25, 0.3) is 0 Å². The number of rotatable bonds is 6. The standard InChI is InChI=1S/C10H15N3O3/c1-3-8-10(13(15)16)9(4-2)12(11-8)6-5-7-14/h7H,3-6H2,1-2H3. The highest BCUT2D eigenvalue weighted by Crippen LogP contribution is 2.24. The van der Waals surface area contributed by atoms with Crippen LogP contribution in [0.5, 0.6) is 0 Å². The van der Waals surface area contributed by atoms with E-state index >= 15 is 0 Å². The molecule has 0 aliphatic carbocycles. The summed E-state index contributed by atoms with van der Waals surface area (Å²) in [5.41, 5.74) is 1.20. The minimum Gasteiger partial charge on any atom is -0.303 e. The molecule has 6 heteroatoms. The highest BCUT2D eigenvalue weighted by molar-refractivity contribution is 5.49. The molecule has 0 fully saturated rings. The van der Waals surface area contributed by atoms with E-state index in [9.17, 15) is 14.9 Å². The number of aromatic nitrogens is 2. The number of aldehydes is 1. The van der Waals surface area contributed by atoms with Gasteiger partial charge in [-0.3, -0.25) is 14.8 Å². The molecule has 0 aliphatic heterocycles. The van der Waals surface area contributed by atoms with E-state index in [0.717, 1.165) is 6.29 Å². The smallest absolute Gasteiger partial charge is 0.303 e. The van der Waals surface area contributed by atoms with Crippen molar-refractivity contribution in [1.82, 2.24) is 9.78 Å². The molecule has 0 bridgehead atoms. The van der Waals surface area contributed by atoms with Crippen molar-refractivity contribution in [2.75, 3.05) is 0 Å². The molecule has 0 saturated heterocycles. The molecule has 0 atom stereocenters. The van der Waals surface area contributed by atoms with Crippen molar-refractivity contribution in [3.63, 3.8) is 0 Å². The zero-order chi connectivity index (χ0) is 12.1. The molecule has 6 nitrogen and oxygen atoms in total. The van der Waals surface area contributed by atoms with Gasteiger partial charge in [-0.05, 0) is 12.8 Å². The van der Waals surface area contributed by atoms with E-state index < -0.39 is 0 Å². The topological polar surface area (TPSA) is 78.0 Å². The largest absolute Gasteiger partial charge is 0.313 e. The van der Waals surface area contributed by atoms with Crippen molar-refractivity contribution < 1.29 is 9.72 Å². The molecule has 0 amide bonds. The average Bonchev–Trinajstić information content (AvgIpc) is 2.63. The molecule has 1 rings (SSSR count). The molecular formula is C10H15N3O3. The van der Waals surface area contributed by atoms with Crippen LogP contribution in [-0.2, 0) is 24.2 Å². The van der Waals surface area contributed by atoms with Gasteiger partial charge < -0.3 is 4.79 Å². The lowest BCUT2D eigenvalue weighted by molar-refractivity contribution is -0.386. The fraction of sp³-hybridized carbons (Fsp3) is 0.600. The van der Waals surface area contributed by atoms with Crippen LogP contribution in [0.25, 0.3) is 0 Å². The predicted octanol–water partition coefficient (Wildman–Crippen LogP) is 1.51. The van der Waals surface area contributed by atoms with Crippen molar-refractivity contribution in [1.29, 1.82) is 0 Å². The Balaban J connectivity index is 3.18. The van der Waals surface area contributed by atoms with Crippen LogP contribution < -0.4 is 0 Å². The minimum atomic E-state index is -0.387. The molecule has 16 heavy (non-hydrogen) atoms. The molecule has 0 unspecified atom stereocenters. The lowest BCUT2D eigenvalue weighted by Crippen LogP contribution is -2.05. The highest BCUT2D eigenvalue weighted by Gasteiger charge is 2.24. The molecule has 1 heterocycles. The van der Waals surface area contributed by atoms with Gasteiger partial charge in [0.15, 0.2) is 0 Å². The first-order chi connectivity index (χ1) is 7.65. The summed E-state index contributed by atoms with van der Waals surface area (Å²) < 4.78 is 1.57. The third-order valence-corrected chi connectivity index (χ3v) is 2.41.